The molecule has 0 radical (unpaired) electrons. The van der Waals surface area contributed by atoms with Gasteiger partial charge < -0.3 is 15.7 Å². The monoisotopic (exact) mass is 240 g/mol. The van der Waals surface area contributed by atoms with Crippen molar-refractivity contribution in [2.75, 3.05) is 20.2 Å². The summed E-state index contributed by atoms with van der Waals surface area (Å²) >= 11 is 0. The molecule has 2 fully saturated rings. The first kappa shape index (κ1) is 13.3. The number of aliphatic hydroxyl groups is 1. The van der Waals surface area contributed by atoms with Gasteiger partial charge in [-0.15, -0.1) is 0 Å². The van der Waals surface area contributed by atoms with Gasteiger partial charge in [-0.3, -0.25) is 0 Å². The first-order valence-electron chi connectivity index (χ1n) is 7.23. The molecule has 0 heterocycles. The summed E-state index contributed by atoms with van der Waals surface area (Å²) in [5.41, 5.74) is 5.84. The van der Waals surface area contributed by atoms with E-state index in [9.17, 15) is 5.11 Å². The minimum atomic E-state index is -0.300. The van der Waals surface area contributed by atoms with Gasteiger partial charge in [0.05, 0.1) is 6.61 Å². The molecule has 0 saturated heterocycles. The molecule has 100 valence electrons. The molecule has 2 aliphatic rings. The van der Waals surface area contributed by atoms with Crippen molar-refractivity contribution in [1.82, 2.24) is 4.90 Å². The predicted molar refractivity (Wildman–Crippen MR) is 70.8 cm³/mol. The van der Waals surface area contributed by atoms with Gasteiger partial charge >= 0.3 is 0 Å². The van der Waals surface area contributed by atoms with E-state index in [1.54, 1.807) is 0 Å². The Labute approximate surface area is 105 Å². The Kier molecular flexibility index (Phi) is 4.45. The Morgan fingerprint density at radius 1 is 1.24 bits per heavy atom. The molecule has 3 heteroatoms. The lowest BCUT2D eigenvalue weighted by molar-refractivity contribution is 0.160. The van der Waals surface area contributed by atoms with Crippen molar-refractivity contribution >= 4 is 0 Å². The van der Waals surface area contributed by atoms with E-state index in [1.165, 1.54) is 38.6 Å². The third-order valence-corrected chi connectivity index (χ3v) is 4.83. The molecule has 3 N–H and O–H groups in total. The second-order valence-electron chi connectivity index (χ2n) is 6.36. The van der Waals surface area contributed by atoms with Crippen LogP contribution in [0.3, 0.4) is 0 Å². The Hall–Kier alpha value is -0.120. The van der Waals surface area contributed by atoms with E-state index in [0.29, 0.717) is 6.04 Å². The van der Waals surface area contributed by atoms with E-state index in [2.05, 4.69) is 11.9 Å². The SMILES string of the molecule is CN(CC1CCCCC1)C1CCC(N)(CO)C1. The Balaban J connectivity index is 1.78. The molecular weight excluding hydrogens is 212 g/mol. The van der Waals surface area contributed by atoms with E-state index in [0.717, 1.165) is 25.2 Å². The van der Waals surface area contributed by atoms with Gasteiger partial charge in [0.25, 0.3) is 0 Å². The molecule has 17 heavy (non-hydrogen) atoms. The van der Waals surface area contributed by atoms with Gasteiger partial charge in [-0.25, -0.2) is 0 Å². The van der Waals surface area contributed by atoms with Crippen molar-refractivity contribution in [2.24, 2.45) is 11.7 Å². The molecule has 0 aromatic rings. The second-order valence-corrected chi connectivity index (χ2v) is 6.36. The Bertz CT molecular complexity index is 240. The fourth-order valence-electron chi connectivity index (χ4n) is 3.57. The number of nitrogens with two attached hydrogens (primary N) is 1. The van der Waals surface area contributed by atoms with Crippen LogP contribution in [0.2, 0.25) is 0 Å². The summed E-state index contributed by atoms with van der Waals surface area (Å²) in [6.45, 7) is 1.37. The van der Waals surface area contributed by atoms with Crippen LogP contribution in [0.25, 0.3) is 0 Å². The quantitative estimate of drug-likeness (QED) is 0.787. The van der Waals surface area contributed by atoms with Crippen molar-refractivity contribution in [3.05, 3.63) is 0 Å². The van der Waals surface area contributed by atoms with Gasteiger partial charge in [-0.2, -0.15) is 0 Å². The van der Waals surface area contributed by atoms with Gasteiger partial charge in [0.1, 0.15) is 0 Å². The first-order valence-corrected chi connectivity index (χ1v) is 7.23. The number of hydrogen-bond acceptors (Lipinski definition) is 3. The summed E-state index contributed by atoms with van der Waals surface area (Å²) in [7, 11) is 2.24. The maximum atomic E-state index is 9.30. The molecule has 0 spiro atoms. The first-order chi connectivity index (χ1) is 8.13. The van der Waals surface area contributed by atoms with Gasteiger partial charge in [0.15, 0.2) is 0 Å². The van der Waals surface area contributed by atoms with Crippen LogP contribution in [-0.4, -0.2) is 41.8 Å². The zero-order chi connectivity index (χ0) is 12.3. The van der Waals surface area contributed by atoms with E-state index in [1.807, 2.05) is 0 Å². The standard InChI is InChI=1S/C14H28N2O/c1-16(10-12-5-3-2-4-6-12)13-7-8-14(15,9-13)11-17/h12-13,17H,2-11,15H2,1H3. The highest BCUT2D eigenvalue weighted by molar-refractivity contribution is 4.96. The van der Waals surface area contributed by atoms with Gasteiger partial charge in [0, 0.05) is 18.1 Å². The maximum absolute atomic E-state index is 9.30. The Morgan fingerprint density at radius 2 is 1.94 bits per heavy atom. The molecule has 3 nitrogen and oxygen atoms in total. The summed E-state index contributed by atoms with van der Waals surface area (Å²) in [5, 5.41) is 9.30. The van der Waals surface area contributed by atoms with Crippen LogP contribution in [0.5, 0.6) is 0 Å². The lowest BCUT2D eigenvalue weighted by Crippen LogP contribution is -2.43. The minimum absolute atomic E-state index is 0.140. The van der Waals surface area contributed by atoms with Crippen molar-refractivity contribution in [3.8, 4) is 0 Å². The maximum Gasteiger partial charge on any atom is 0.0611 e. The van der Waals surface area contributed by atoms with Crippen LogP contribution in [0.15, 0.2) is 0 Å². The highest BCUT2D eigenvalue weighted by Gasteiger charge is 2.37. The lowest BCUT2D eigenvalue weighted by Gasteiger charge is -2.31. The zero-order valence-corrected chi connectivity index (χ0v) is 11.2. The molecule has 0 bridgehead atoms. The topological polar surface area (TPSA) is 49.5 Å². The summed E-state index contributed by atoms with van der Waals surface area (Å²) in [6, 6.07) is 0.592. The predicted octanol–water partition coefficient (Wildman–Crippen LogP) is 1.74. The van der Waals surface area contributed by atoms with E-state index in [4.69, 9.17) is 5.73 Å². The average molecular weight is 240 g/mol. The third kappa shape index (κ3) is 3.43. The molecule has 0 amide bonds. The highest BCUT2D eigenvalue weighted by atomic mass is 16.3. The second kappa shape index (κ2) is 5.68. The number of hydrogen-bond donors (Lipinski definition) is 2. The lowest BCUT2D eigenvalue weighted by atomic mass is 9.88. The minimum Gasteiger partial charge on any atom is -0.394 e. The average Bonchev–Trinajstić information content (AvgIpc) is 2.74. The van der Waals surface area contributed by atoms with Crippen LogP contribution < -0.4 is 5.73 Å². The normalized spacial score (nSPS) is 35.6. The summed E-state index contributed by atoms with van der Waals surface area (Å²) < 4.78 is 0. The van der Waals surface area contributed by atoms with Crippen molar-refractivity contribution in [1.29, 1.82) is 0 Å². The van der Waals surface area contributed by atoms with Gasteiger partial charge in [-0.05, 0) is 45.1 Å². The Morgan fingerprint density at radius 3 is 2.53 bits per heavy atom. The third-order valence-electron chi connectivity index (χ3n) is 4.83. The van der Waals surface area contributed by atoms with Crippen LogP contribution in [0, 0.1) is 5.92 Å². The highest BCUT2D eigenvalue weighted by Crippen LogP contribution is 2.32. The summed E-state index contributed by atoms with van der Waals surface area (Å²) in [4.78, 5) is 2.50. The molecule has 2 aliphatic carbocycles. The summed E-state index contributed by atoms with van der Waals surface area (Å²) in [6.07, 6.45) is 10.2. The van der Waals surface area contributed by atoms with Crippen LogP contribution in [-0.2, 0) is 0 Å². The number of rotatable bonds is 4. The molecular formula is C14H28N2O. The molecule has 2 atom stereocenters. The molecule has 2 rings (SSSR count). The van der Waals surface area contributed by atoms with E-state index < -0.39 is 0 Å². The molecule has 0 aromatic carbocycles. The van der Waals surface area contributed by atoms with Crippen molar-refractivity contribution < 1.29 is 5.11 Å². The van der Waals surface area contributed by atoms with E-state index in [-0.39, 0.29) is 12.1 Å². The van der Waals surface area contributed by atoms with Gasteiger partial charge in [0.2, 0.25) is 0 Å². The smallest absolute Gasteiger partial charge is 0.0611 e. The fraction of sp³-hybridized carbons (Fsp3) is 1.00. The molecule has 2 saturated carbocycles. The number of aliphatic hydroxyl groups excluding tert-OH is 1. The molecule has 0 aliphatic heterocycles. The summed E-state index contributed by atoms with van der Waals surface area (Å²) in [5.74, 6) is 0.899. The number of nitrogens with zero attached hydrogens (tertiary/aromatic N) is 1. The molecule has 2 unspecified atom stereocenters. The van der Waals surface area contributed by atoms with Crippen molar-refractivity contribution in [3.63, 3.8) is 0 Å². The van der Waals surface area contributed by atoms with Gasteiger partial charge in [-0.1, -0.05) is 19.3 Å². The van der Waals surface area contributed by atoms with Crippen LogP contribution >= 0.6 is 0 Å². The largest absolute Gasteiger partial charge is 0.394 e. The van der Waals surface area contributed by atoms with E-state index >= 15 is 0 Å². The zero-order valence-electron chi connectivity index (χ0n) is 11.2. The van der Waals surface area contributed by atoms with Crippen molar-refractivity contribution in [2.45, 2.75) is 62.9 Å². The van der Waals surface area contributed by atoms with Crippen LogP contribution in [0.4, 0.5) is 0 Å². The molecule has 0 aromatic heterocycles. The fourth-order valence-corrected chi connectivity index (χ4v) is 3.57. The van der Waals surface area contributed by atoms with Crippen LogP contribution in [0.1, 0.15) is 51.4 Å².